The van der Waals surface area contributed by atoms with E-state index in [1.54, 1.807) is 0 Å². The summed E-state index contributed by atoms with van der Waals surface area (Å²) in [6, 6.07) is 80.2. The van der Waals surface area contributed by atoms with Gasteiger partial charge in [-0.25, -0.2) is 0 Å². The van der Waals surface area contributed by atoms with Crippen LogP contribution < -0.4 is 0 Å². The molecule has 15 aromatic rings. The van der Waals surface area contributed by atoms with E-state index in [1.165, 1.54) is 10.8 Å². The van der Waals surface area contributed by atoms with Gasteiger partial charge in [-0.2, -0.15) is 15.0 Å². The molecule has 0 saturated heterocycles. The fourth-order valence-corrected chi connectivity index (χ4v) is 11.0. The first-order valence-electron chi connectivity index (χ1n) is 23.0. The molecular formula is C61H37N7. The minimum Gasteiger partial charge on any atom is -0.309 e. The van der Waals surface area contributed by atoms with Gasteiger partial charge in [0.15, 0.2) is 5.82 Å². The number of para-hydroxylation sites is 6. The molecular weight excluding hydrogens is 831 g/mol. The average Bonchev–Trinajstić information content (AvgIpc) is 4.12. The molecule has 0 spiro atoms. The summed E-state index contributed by atoms with van der Waals surface area (Å²) in [5.74, 6) is 1.68. The van der Waals surface area contributed by atoms with E-state index in [2.05, 4.69) is 243 Å². The van der Waals surface area contributed by atoms with Crippen LogP contribution in [0.4, 0.5) is 0 Å². The number of hydrogen-bond acceptors (Lipinski definition) is 3. The highest BCUT2D eigenvalue weighted by molar-refractivity contribution is 6.20. The Labute approximate surface area is 388 Å². The Bertz CT molecular complexity index is 4300. The van der Waals surface area contributed by atoms with E-state index >= 15 is 0 Å². The van der Waals surface area contributed by atoms with E-state index in [9.17, 15) is 0 Å². The van der Waals surface area contributed by atoms with Gasteiger partial charge in [0.1, 0.15) is 0 Å². The fourth-order valence-electron chi connectivity index (χ4n) is 11.0. The van der Waals surface area contributed by atoms with Crippen molar-refractivity contribution < 1.29 is 0 Å². The summed E-state index contributed by atoms with van der Waals surface area (Å²) in [5.41, 5.74) is 11.8. The van der Waals surface area contributed by atoms with Crippen LogP contribution in [0.15, 0.2) is 224 Å². The summed E-state index contributed by atoms with van der Waals surface area (Å²) in [5, 5.41) is 11.5. The van der Waals surface area contributed by atoms with Gasteiger partial charge in [0, 0.05) is 60.0 Å². The molecule has 7 nitrogen and oxygen atoms in total. The summed E-state index contributed by atoms with van der Waals surface area (Å²) in [7, 11) is 0. The zero-order valence-electron chi connectivity index (χ0n) is 36.5. The van der Waals surface area contributed by atoms with Gasteiger partial charge in [-0.3, -0.25) is 9.13 Å². The molecule has 5 heterocycles. The minimum absolute atomic E-state index is 0.545. The predicted octanol–water partition coefficient (Wildman–Crippen LogP) is 15.1. The van der Waals surface area contributed by atoms with Gasteiger partial charge in [0.2, 0.25) is 11.9 Å². The first kappa shape index (κ1) is 36.9. The van der Waals surface area contributed by atoms with Crippen LogP contribution in [-0.4, -0.2) is 33.2 Å². The van der Waals surface area contributed by atoms with Crippen molar-refractivity contribution in [3.05, 3.63) is 224 Å². The highest BCUT2D eigenvalue weighted by atomic mass is 15.3. The second-order valence-corrected chi connectivity index (χ2v) is 17.7. The molecule has 7 heteroatoms. The van der Waals surface area contributed by atoms with Gasteiger partial charge in [-0.15, -0.1) is 0 Å². The van der Waals surface area contributed by atoms with E-state index in [0.29, 0.717) is 17.7 Å². The second kappa shape index (κ2) is 14.1. The molecule has 0 bridgehead atoms. The summed E-state index contributed by atoms with van der Waals surface area (Å²) >= 11 is 0. The third-order valence-electron chi connectivity index (χ3n) is 14.0. The molecule has 15 rings (SSSR count). The van der Waals surface area contributed by atoms with Crippen LogP contribution in [0.5, 0.6) is 0 Å². The van der Waals surface area contributed by atoms with E-state index in [0.717, 1.165) is 104 Å². The minimum atomic E-state index is 0.545. The first-order chi connectivity index (χ1) is 33.7. The quantitative estimate of drug-likeness (QED) is 0.173. The van der Waals surface area contributed by atoms with Crippen molar-refractivity contribution >= 4 is 98.0 Å². The number of hydrogen-bond donors (Lipinski definition) is 0. The van der Waals surface area contributed by atoms with E-state index in [1.807, 2.05) is 0 Å². The van der Waals surface area contributed by atoms with Crippen LogP contribution in [0.1, 0.15) is 0 Å². The zero-order valence-corrected chi connectivity index (χ0v) is 36.5. The maximum absolute atomic E-state index is 5.59. The molecule has 0 saturated carbocycles. The van der Waals surface area contributed by atoms with Gasteiger partial charge >= 0.3 is 0 Å². The van der Waals surface area contributed by atoms with Crippen molar-refractivity contribution in [2.24, 2.45) is 0 Å². The summed E-state index contributed by atoms with van der Waals surface area (Å²) in [6.07, 6.45) is 0. The summed E-state index contributed by atoms with van der Waals surface area (Å²) in [4.78, 5) is 16.5. The van der Waals surface area contributed by atoms with Crippen molar-refractivity contribution in [3.8, 4) is 34.7 Å². The van der Waals surface area contributed by atoms with Gasteiger partial charge in [-0.1, -0.05) is 146 Å². The van der Waals surface area contributed by atoms with Crippen molar-refractivity contribution in [2.45, 2.75) is 0 Å². The van der Waals surface area contributed by atoms with Crippen LogP contribution in [0, 0.1) is 0 Å². The largest absolute Gasteiger partial charge is 0.309 e. The van der Waals surface area contributed by atoms with E-state index < -0.39 is 0 Å². The van der Waals surface area contributed by atoms with Gasteiger partial charge < -0.3 is 9.13 Å². The SMILES string of the molecule is c1ccc(-n2c3ccccc3c3cc4c(cc32)c2ccccc2n4-c2nc(-c3ccc4ccccc4c3)nc(-n3c4ccccc4c4cc5c(cc43)c3ccccc3n5-c3ccccc3)n2)cc1. The molecule has 10 aromatic carbocycles. The van der Waals surface area contributed by atoms with E-state index in [4.69, 9.17) is 15.0 Å². The molecule has 0 fully saturated rings. The molecule has 0 amide bonds. The Kier molecular flexibility index (Phi) is 7.65. The monoisotopic (exact) mass is 867 g/mol. The van der Waals surface area contributed by atoms with Gasteiger partial charge in [0.05, 0.1) is 44.1 Å². The van der Waals surface area contributed by atoms with Gasteiger partial charge in [0.25, 0.3) is 0 Å². The Hall–Kier alpha value is -9.33. The Morgan fingerprint density at radius 1 is 0.235 bits per heavy atom. The molecule has 5 aromatic heterocycles. The molecule has 0 aliphatic heterocycles. The van der Waals surface area contributed by atoms with E-state index in [-0.39, 0.29) is 0 Å². The maximum atomic E-state index is 5.59. The van der Waals surface area contributed by atoms with Crippen LogP contribution in [0.25, 0.3) is 133 Å². The lowest BCUT2D eigenvalue weighted by Gasteiger charge is -2.13. The molecule has 0 radical (unpaired) electrons. The van der Waals surface area contributed by atoms with Crippen LogP contribution in [0.3, 0.4) is 0 Å². The Morgan fingerprint density at radius 3 is 1.03 bits per heavy atom. The lowest BCUT2D eigenvalue weighted by atomic mass is 10.1. The Morgan fingerprint density at radius 2 is 0.588 bits per heavy atom. The number of aromatic nitrogens is 7. The van der Waals surface area contributed by atoms with Crippen LogP contribution in [-0.2, 0) is 0 Å². The third-order valence-corrected chi connectivity index (χ3v) is 14.0. The Balaban J connectivity index is 1.05. The molecule has 316 valence electrons. The number of rotatable bonds is 5. The van der Waals surface area contributed by atoms with Crippen molar-refractivity contribution in [2.75, 3.05) is 0 Å². The van der Waals surface area contributed by atoms with Crippen molar-refractivity contribution in [1.29, 1.82) is 0 Å². The standard InChI is InChI=1S/C61H37N7/c1-3-19-41(20-4-1)65-51-27-13-9-23-43(51)47-36-57-49(34-55(47)65)45-25-11-15-29-53(45)67(57)60-62-59(40-32-31-38-17-7-8-18-39(38)33-40)63-61(64-60)68-54-30-16-12-26-46(54)50-35-56-48(37-58(50)68)44-24-10-14-28-52(44)66(56)42-21-5-2-6-22-42/h1-37H. The van der Waals surface area contributed by atoms with Crippen LogP contribution >= 0.6 is 0 Å². The maximum Gasteiger partial charge on any atom is 0.240 e. The molecule has 0 N–H and O–H groups in total. The highest BCUT2D eigenvalue weighted by Crippen LogP contribution is 2.42. The topological polar surface area (TPSA) is 58.4 Å². The number of benzene rings is 10. The molecule has 0 unspecified atom stereocenters. The van der Waals surface area contributed by atoms with Crippen molar-refractivity contribution in [1.82, 2.24) is 33.2 Å². The highest BCUT2D eigenvalue weighted by Gasteiger charge is 2.24. The number of fused-ring (bicyclic) bond motifs is 13. The third kappa shape index (κ3) is 5.26. The zero-order chi connectivity index (χ0) is 44.5. The summed E-state index contributed by atoms with van der Waals surface area (Å²) < 4.78 is 9.25. The second-order valence-electron chi connectivity index (χ2n) is 17.7. The molecule has 0 aliphatic carbocycles. The first-order valence-corrected chi connectivity index (χ1v) is 23.0. The lowest BCUT2D eigenvalue weighted by molar-refractivity contribution is 0.893. The van der Waals surface area contributed by atoms with Gasteiger partial charge in [-0.05, 0) is 89.6 Å². The molecule has 68 heavy (non-hydrogen) atoms. The lowest BCUT2D eigenvalue weighted by Crippen LogP contribution is -2.10. The molecule has 0 atom stereocenters. The smallest absolute Gasteiger partial charge is 0.240 e. The summed E-state index contributed by atoms with van der Waals surface area (Å²) in [6.45, 7) is 0. The average molecular weight is 868 g/mol. The predicted molar refractivity (Wildman–Crippen MR) is 280 cm³/mol. The van der Waals surface area contributed by atoms with Crippen molar-refractivity contribution in [3.63, 3.8) is 0 Å². The fraction of sp³-hybridized carbons (Fsp3) is 0. The normalized spacial score (nSPS) is 12.1. The molecule has 0 aliphatic rings. The number of nitrogens with zero attached hydrogens (tertiary/aromatic N) is 7. The van der Waals surface area contributed by atoms with Crippen LogP contribution in [0.2, 0.25) is 0 Å².